The minimum atomic E-state index is -1.48. The molecule has 4 aliphatic carbocycles. The number of halogens is 2. The number of allylic oxidation sites excluding steroid dienone is 3. The molecule has 0 N–H and O–H groups in total. The maximum Gasteiger partial charge on any atom is 0.266 e. The number of hydrogen-bond donors (Lipinski definition) is 0. The van der Waals surface area contributed by atoms with E-state index in [2.05, 4.69) is 19.1 Å². The molecule has 188 valence electrons. The Morgan fingerprint density at radius 2 is 0.939 bits per heavy atom. The van der Waals surface area contributed by atoms with E-state index in [4.69, 9.17) is 4.74 Å². The summed E-state index contributed by atoms with van der Waals surface area (Å²) < 4.78 is 30.9. The molecule has 0 unspecified atom stereocenters. The standard InChI is InChI=1S/C30H48F2O/c1-2-33-29-19-9-23(10-20-29)4-3-22-5-11-25(12-6-22)27-15-17-28(18-16-27)26-13-7-24(8-14-26)21-30(31)32/h3-4,21-29H,2,5-20H2,1H3/b4-3+. The summed E-state index contributed by atoms with van der Waals surface area (Å²) >= 11 is 0. The van der Waals surface area contributed by atoms with Gasteiger partial charge in [0.05, 0.1) is 6.10 Å². The third-order valence-corrected chi connectivity index (χ3v) is 9.92. The van der Waals surface area contributed by atoms with E-state index >= 15 is 0 Å². The monoisotopic (exact) mass is 462 g/mol. The molecule has 33 heavy (non-hydrogen) atoms. The zero-order valence-corrected chi connectivity index (χ0v) is 21.0. The van der Waals surface area contributed by atoms with E-state index in [1.165, 1.54) is 96.0 Å². The van der Waals surface area contributed by atoms with Gasteiger partial charge < -0.3 is 4.74 Å². The first-order valence-corrected chi connectivity index (χ1v) is 14.4. The average Bonchev–Trinajstić information content (AvgIpc) is 2.84. The molecular formula is C30H48F2O. The first-order valence-electron chi connectivity index (χ1n) is 14.4. The first kappa shape index (κ1) is 25.4. The van der Waals surface area contributed by atoms with Crippen LogP contribution in [0.4, 0.5) is 8.78 Å². The van der Waals surface area contributed by atoms with E-state index in [0.717, 1.165) is 55.0 Å². The lowest BCUT2D eigenvalue weighted by Gasteiger charge is -2.41. The SMILES string of the molecule is CCOC1CCC(/C=C/C2CCC(C3CCC(C4CCC(C=C(F)F)CC4)CC3)CC2)CC1. The molecule has 4 saturated carbocycles. The highest BCUT2D eigenvalue weighted by Gasteiger charge is 2.34. The van der Waals surface area contributed by atoms with Crippen molar-refractivity contribution >= 4 is 0 Å². The second kappa shape index (κ2) is 12.8. The molecule has 0 saturated heterocycles. The fourth-order valence-electron chi connectivity index (χ4n) is 7.86. The first-order chi connectivity index (χ1) is 16.1. The van der Waals surface area contributed by atoms with Gasteiger partial charge in [0, 0.05) is 6.61 Å². The van der Waals surface area contributed by atoms with Crippen LogP contribution < -0.4 is 0 Å². The van der Waals surface area contributed by atoms with E-state index in [1.807, 2.05) is 0 Å². The summed E-state index contributed by atoms with van der Waals surface area (Å²) in [4.78, 5) is 0. The molecule has 3 heteroatoms. The molecule has 0 atom stereocenters. The normalized spacial score (nSPS) is 40.6. The van der Waals surface area contributed by atoms with Gasteiger partial charge in [-0.15, -0.1) is 0 Å². The van der Waals surface area contributed by atoms with Gasteiger partial charge in [0.2, 0.25) is 0 Å². The lowest BCUT2D eigenvalue weighted by molar-refractivity contribution is 0.0302. The lowest BCUT2D eigenvalue weighted by Crippen LogP contribution is -2.29. The number of ether oxygens (including phenoxy) is 1. The van der Waals surface area contributed by atoms with Crippen LogP contribution in [0.1, 0.15) is 110 Å². The van der Waals surface area contributed by atoms with E-state index in [9.17, 15) is 8.78 Å². The van der Waals surface area contributed by atoms with Crippen molar-refractivity contribution in [1.29, 1.82) is 0 Å². The van der Waals surface area contributed by atoms with Gasteiger partial charge in [-0.1, -0.05) is 12.2 Å². The van der Waals surface area contributed by atoms with Crippen molar-refractivity contribution in [3.8, 4) is 0 Å². The van der Waals surface area contributed by atoms with Crippen LogP contribution >= 0.6 is 0 Å². The molecule has 0 aromatic heterocycles. The van der Waals surface area contributed by atoms with Crippen LogP contribution in [0.5, 0.6) is 0 Å². The van der Waals surface area contributed by atoms with Crippen molar-refractivity contribution in [2.45, 2.75) is 116 Å². The highest BCUT2D eigenvalue weighted by atomic mass is 19.3. The predicted molar refractivity (Wildman–Crippen MR) is 133 cm³/mol. The Morgan fingerprint density at radius 1 is 0.576 bits per heavy atom. The van der Waals surface area contributed by atoms with Gasteiger partial charge >= 0.3 is 0 Å². The maximum atomic E-state index is 12.5. The minimum absolute atomic E-state index is 0.136. The molecule has 0 aromatic carbocycles. The molecule has 0 heterocycles. The van der Waals surface area contributed by atoms with E-state index in [1.54, 1.807) is 0 Å². The molecule has 4 aliphatic rings. The van der Waals surface area contributed by atoms with Gasteiger partial charge in [-0.25, -0.2) is 0 Å². The summed E-state index contributed by atoms with van der Waals surface area (Å²) in [6.45, 7) is 2.97. The van der Waals surface area contributed by atoms with Crippen molar-refractivity contribution in [1.82, 2.24) is 0 Å². The minimum Gasteiger partial charge on any atom is -0.379 e. The van der Waals surface area contributed by atoms with Crippen molar-refractivity contribution in [2.24, 2.45) is 41.4 Å². The van der Waals surface area contributed by atoms with Gasteiger partial charge in [-0.3, -0.25) is 0 Å². The summed E-state index contributed by atoms with van der Waals surface area (Å²) in [7, 11) is 0. The van der Waals surface area contributed by atoms with E-state index in [-0.39, 0.29) is 5.92 Å². The Hall–Kier alpha value is -0.700. The second-order valence-corrected chi connectivity index (χ2v) is 11.9. The lowest BCUT2D eigenvalue weighted by atomic mass is 9.65. The highest BCUT2D eigenvalue weighted by molar-refractivity contribution is 4.97. The van der Waals surface area contributed by atoms with Crippen LogP contribution in [-0.4, -0.2) is 12.7 Å². The highest BCUT2D eigenvalue weighted by Crippen LogP contribution is 2.46. The third kappa shape index (κ3) is 7.64. The fraction of sp³-hybridized carbons (Fsp3) is 0.867. The molecule has 1 nitrogen and oxygen atoms in total. The summed E-state index contributed by atoms with van der Waals surface area (Å²) in [6.07, 6.45) is 26.1. The molecule has 0 amide bonds. The zero-order chi connectivity index (χ0) is 23.0. The molecule has 4 rings (SSSR count). The van der Waals surface area contributed by atoms with Crippen LogP contribution in [0.2, 0.25) is 0 Å². The Bertz CT molecular complexity index is 607. The zero-order valence-electron chi connectivity index (χ0n) is 21.0. The Balaban J connectivity index is 1.12. The quantitative estimate of drug-likeness (QED) is 0.342. The van der Waals surface area contributed by atoms with Gasteiger partial charge in [-0.2, -0.15) is 8.78 Å². The number of hydrogen-bond acceptors (Lipinski definition) is 1. The Kier molecular flexibility index (Phi) is 9.88. The molecule has 0 aromatic rings. The Labute approximate surface area is 201 Å². The summed E-state index contributed by atoms with van der Waals surface area (Å²) in [5.74, 6) is 5.35. The van der Waals surface area contributed by atoms with Gasteiger partial charge in [-0.05, 0) is 157 Å². The van der Waals surface area contributed by atoms with Crippen LogP contribution in [0.25, 0.3) is 0 Å². The molecule has 4 fully saturated rings. The largest absolute Gasteiger partial charge is 0.379 e. The van der Waals surface area contributed by atoms with Gasteiger partial charge in [0.15, 0.2) is 0 Å². The maximum absolute atomic E-state index is 12.5. The predicted octanol–water partition coefficient (Wildman–Crippen LogP) is 9.34. The fourth-order valence-corrected chi connectivity index (χ4v) is 7.86. The Morgan fingerprint density at radius 3 is 1.33 bits per heavy atom. The summed E-state index contributed by atoms with van der Waals surface area (Å²) in [5, 5.41) is 0. The van der Waals surface area contributed by atoms with Gasteiger partial charge in [0.1, 0.15) is 0 Å². The van der Waals surface area contributed by atoms with Crippen molar-refractivity contribution in [3.05, 3.63) is 24.3 Å². The average molecular weight is 463 g/mol. The molecule has 0 bridgehead atoms. The molecular weight excluding hydrogens is 414 g/mol. The van der Waals surface area contributed by atoms with Crippen LogP contribution in [-0.2, 0) is 4.74 Å². The molecule has 0 radical (unpaired) electrons. The van der Waals surface area contributed by atoms with Gasteiger partial charge in [0.25, 0.3) is 6.08 Å². The summed E-state index contributed by atoms with van der Waals surface area (Å²) in [5.41, 5.74) is 0. The van der Waals surface area contributed by atoms with Crippen molar-refractivity contribution in [2.75, 3.05) is 6.61 Å². The van der Waals surface area contributed by atoms with Crippen LogP contribution in [0.15, 0.2) is 24.3 Å². The summed E-state index contributed by atoms with van der Waals surface area (Å²) in [6, 6.07) is 0. The van der Waals surface area contributed by atoms with E-state index in [0.29, 0.717) is 6.10 Å². The smallest absolute Gasteiger partial charge is 0.266 e. The number of rotatable bonds is 7. The van der Waals surface area contributed by atoms with E-state index < -0.39 is 6.08 Å². The van der Waals surface area contributed by atoms with Crippen molar-refractivity contribution < 1.29 is 13.5 Å². The van der Waals surface area contributed by atoms with Crippen molar-refractivity contribution in [3.63, 3.8) is 0 Å². The van der Waals surface area contributed by atoms with Crippen LogP contribution in [0.3, 0.4) is 0 Å². The third-order valence-electron chi connectivity index (χ3n) is 9.92. The second-order valence-electron chi connectivity index (χ2n) is 11.9. The van der Waals surface area contributed by atoms with Crippen LogP contribution in [0, 0.1) is 41.4 Å². The molecule has 0 aliphatic heterocycles. The molecule has 0 spiro atoms. The topological polar surface area (TPSA) is 9.23 Å².